The lowest BCUT2D eigenvalue weighted by Gasteiger charge is -2.18. The van der Waals surface area contributed by atoms with Crippen LogP contribution in [0.4, 0.5) is 0 Å². The quantitative estimate of drug-likeness (QED) is 0.810. The van der Waals surface area contributed by atoms with Gasteiger partial charge >= 0.3 is 0 Å². The van der Waals surface area contributed by atoms with Gasteiger partial charge in [0.25, 0.3) is 0 Å². The fourth-order valence-corrected chi connectivity index (χ4v) is 2.46. The van der Waals surface area contributed by atoms with Crippen LogP contribution in [0.3, 0.4) is 0 Å². The van der Waals surface area contributed by atoms with Crippen molar-refractivity contribution in [2.24, 2.45) is 5.41 Å². The fourth-order valence-electron chi connectivity index (χ4n) is 2.46. The second-order valence-corrected chi connectivity index (χ2v) is 6.64. The zero-order valence-electron chi connectivity index (χ0n) is 12.9. The normalized spacial score (nSPS) is 11.6. The van der Waals surface area contributed by atoms with Crippen LogP contribution in [0.25, 0.3) is 11.1 Å². The molecule has 1 heteroatoms. The molecule has 0 atom stereocenters. The molecule has 20 heavy (non-hydrogen) atoms. The summed E-state index contributed by atoms with van der Waals surface area (Å²) < 4.78 is 0. The van der Waals surface area contributed by atoms with Gasteiger partial charge in [0.2, 0.25) is 0 Å². The Morgan fingerprint density at radius 3 is 2.00 bits per heavy atom. The van der Waals surface area contributed by atoms with Gasteiger partial charge in [0.15, 0.2) is 0 Å². The molecule has 0 radical (unpaired) electrons. The molecule has 0 aliphatic rings. The van der Waals surface area contributed by atoms with Crippen molar-refractivity contribution in [2.75, 3.05) is 0 Å². The van der Waals surface area contributed by atoms with Gasteiger partial charge in [-0.15, -0.1) is 0 Å². The van der Waals surface area contributed by atoms with Gasteiger partial charge in [-0.25, -0.2) is 0 Å². The molecule has 2 aromatic rings. The van der Waals surface area contributed by atoms with E-state index in [1.807, 2.05) is 12.1 Å². The Bertz CT molecular complexity index is 574. The Morgan fingerprint density at radius 1 is 0.900 bits per heavy atom. The minimum Gasteiger partial charge on any atom is -0.507 e. The van der Waals surface area contributed by atoms with Crippen LogP contribution in [-0.2, 0) is 12.8 Å². The van der Waals surface area contributed by atoms with Crippen molar-refractivity contribution < 1.29 is 5.11 Å². The molecule has 0 spiro atoms. The van der Waals surface area contributed by atoms with Crippen LogP contribution >= 0.6 is 0 Å². The summed E-state index contributed by atoms with van der Waals surface area (Å²) in [5.74, 6) is 0.371. The molecule has 0 aliphatic heterocycles. The maximum Gasteiger partial charge on any atom is 0.123 e. The van der Waals surface area contributed by atoms with Crippen LogP contribution in [0.15, 0.2) is 42.5 Å². The van der Waals surface area contributed by atoms with Crippen molar-refractivity contribution in [1.29, 1.82) is 0 Å². The molecule has 0 bridgehead atoms. The summed E-state index contributed by atoms with van der Waals surface area (Å²) >= 11 is 0. The molecule has 0 aromatic heterocycles. The molecule has 0 aliphatic carbocycles. The van der Waals surface area contributed by atoms with E-state index < -0.39 is 0 Å². The zero-order valence-corrected chi connectivity index (χ0v) is 12.9. The van der Waals surface area contributed by atoms with E-state index >= 15 is 0 Å². The molecule has 0 saturated heterocycles. The average molecular weight is 268 g/mol. The number of hydrogen-bond acceptors (Lipinski definition) is 1. The maximum absolute atomic E-state index is 10.3. The molecular weight excluding hydrogens is 244 g/mol. The van der Waals surface area contributed by atoms with Gasteiger partial charge in [0, 0.05) is 5.56 Å². The molecule has 106 valence electrons. The predicted molar refractivity (Wildman–Crippen MR) is 86.1 cm³/mol. The van der Waals surface area contributed by atoms with Crippen molar-refractivity contribution in [3.63, 3.8) is 0 Å². The first-order chi connectivity index (χ1) is 9.39. The number of hydrogen-bond donors (Lipinski definition) is 1. The lowest BCUT2D eigenvalue weighted by Crippen LogP contribution is -2.08. The van der Waals surface area contributed by atoms with E-state index in [2.05, 4.69) is 58.0 Å². The number of aryl methyl sites for hydroxylation is 1. The van der Waals surface area contributed by atoms with E-state index in [4.69, 9.17) is 0 Å². The zero-order chi connectivity index (χ0) is 14.8. The Kier molecular flexibility index (Phi) is 4.17. The third-order valence-electron chi connectivity index (χ3n) is 3.47. The van der Waals surface area contributed by atoms with Gasteiger partial charge in [-0.2, -0.15) is 0 Å². The second-order valence-electron chi connectivity index (χ2n) is 6.64. The fraction of sp³-hybridized carbons (Fsp3) is 0.368. The van der Waals surface area contributed by atoms with Crippen LogP contribution in [0.2, 0.25) is 0 Å². The van der Waals surface area contributed by atoms with Crippen molar-refractivity contribution in [3.8, 4) is 16.9 Å². The van der Waals surface area contributed by atoms with Crippen LogP contribution in [-0.4, -0.2) is 5.11 Å². The highest BCUT2D eigenvalue weighted by atomic mass is 16.3. The van der Waals surface area contributed by atoms with E-state index in [-0.39, 0.29) is 5.41 Å². The minimum atomic E-state index is 0.233. The highest BCUT2D eigenvalue weighted by Gasteiger charge is 2.13. The van der Waals surface area contributed by atoms with Crippen molar-refractivity contribution in [2.45, 2.75) is 40.5 Å². The maximum atomic E-state index is 10.3. The van der Waals surface area contributed by atoms with Gasteiger partial charge in [0.05, 0.1) is 0 Å². The van der Waals surface area contributed by atoms with Crippen LogP contribution in [0.5, 0.6) is 5.75 Å². The highest BCUT2D eigenvalue weighted by Crippen LogP contribution is 2.32. The lowest BCUT2D eigenvalue weighted by molar-refractivity contribution is 0.409. The number of phenolic OH excluding ortho intramolecular Hbond substituents is 1. The summed E-state index contributed by atoms with van der Waals surface area (Å²) in [4.78, 5) is 0. The lowest BCUT2D eigenvalue weighted by atomic mass is 9.87. The Hall–Kier alpha value is -1.76. The van der Waals surface area contributed by atoms with E-state index in [9.17, 15) is 5.11 Å². The molecule has 0 fully saturated rings. The Morgan fingerprint density at radius 2 is 1.50 bits per heavy atom. The molecule has 0 unspecified atom stereocenters. The van der Waals surface area contributed by atoms with Crippen LogP contribution in [0, 0.1) is 5.41 Å². The number of benzene rings is 2. The van der Waals surface area contributed by atoms with E-state index in [1.54, 1.807) is 0 Å². The van der Waals surface area contributed by atoms with Gasteiger partial charge in [-0.3, -0.25) is 0 Å². The van der Waals surface area contributed by atoms with E-state index in [1.165, 1.54) is 11.1 Å². The summed E-state index contributed by atoms with van der Waals surface area (Å²) in [5, 5.41) is 10.3. The Labute approximate surface area is 122 Å². The summed E-state index contributed by atoms with van der Waals surface area (Å²) in [7, 11) is 0. The van der Waals surface area contributed by atoms with Gasteiger partial charge in [-0.1, -0.05) is 64.1 Å². The number of rotatable bonds is 3. The molecule has 0 heterocycles. The van der Waals surface area contributed by atoms with E-state index in [0.29, 0.717) is 5.75 Å². The predicted octanol–water partition coefficient (Wildman–Crippen LogP) is 5.21. The van der Waals surface area contributed by atoms with Gasteiger partial charge in [0.1, 0.15) is 5.75 Å². The van der Waals surface area contributed by atoms with Crippen LogP contribution in [0.1, 0.15) is 38.8 Å². The van der Waals surface area contributed by atoms with Crippen molar-refractivity contribution in [3.05, 3.63) is 53.6 Å². The first kappa shape index (κ1) is 14.6. The Balaban J connectivity index is 2.29. The largest absolute Gasteiger partial charge is 0.507 e. The van der Waals surface area contributed by atoms with Crippen LogP contribution < -0.4 is 0 Å². The standard InChI is InChI=1S/C19H24O/c1-5-14-6-9-16(10-7-14)17-11-8-15(12-18(17)20)13-19(2,3)4/h6-12,20H,5,13H2,1-4H3. The summed E-state index contributed by atoms with van der Waals surface area (Å²) in [6, 6.07) is 14.4. The summed E-state index contributed by atoms with van der Waals surface area (Å²) in [5.41, 5.74) is 4.71. The first-order valence-corrected chi connectivity index (χ1v) is 7.30. The molecule has 2 aromatic carbocycles. The smallest absolute Gasteiger partial charge is 0.123 e. The average Bonchev–Trinajstić information content (AvgIpc) is 2.37. The monoisotopic (exact) mass is 268 g/mol. The summed E-state index contributed by atoms with van der Waals surface area (Å²) in [6.07, 6.45) is 2.01. The molecule has 1 N–H and O–H groups in total. The summed E-state index contributed by atoms with van der Waals surface area (Å²) in [6.45, 7) is 8.78. The number of phenols is 1. The topological polar surface area (TPSA) is 20.2 Å². The van der Waals surface area contributed by atoms with Crippen molar-refractivity contribution in [1.82, 2.24) is 0 Å². The third-order valence-corrected chi connectivity index (χ3v) is 3.47. The third kappa shape index (κ3) is 3.63. The minimum absolute atomic E-state index is 0.233. The molecule has 1 nitrogen and oxygen atoms in total. The molecule has 2 rings (SSSR count). The molecule has 0 saturated carbocycles. The molecular formula is C19H24O. The highest BCUT2D eigenvalue weighted by molar-refractivity contribution is 5.70. The first-order valence-electron chi connectivity index (χ1n) is 7.30. The molecule has 0 amide bonds. The van der Waals surface area contributed by atoms with Crippen molar-refractivity contribution >= 4 is 0 Å². The second kappa shape index (κ2) is 5.70. The SMILES string of the molecule is CCc1ccc(-c2ccc(CC(C)(C)C)cc2O)cc1. The van der Waals surface area contributed by atoms with Gasteiger partial charge < -0.3 is 5.11 Å². The number of aromatic hydroxyl groups is 1. The van der Waals surface area contributed by atoms with E-state index in [0.717, 1.165) is 24.0 Å². The van der Waals surface area contributed by atoms with Gasteiger partial charge in [-0.05, 0) is 41.0 Å².